The molecule has 3 aromatic rings. The lowest BCUT2D eigenvalue weighted by atomic mass is 9.47. The molecule has 0 amide bonds. The van der Waals surface area contributed by atoms with Gasteiger partial charge in [-0.15, -0.1) is 0 Å². The lowest BCUT2D eigenvalue weighted by molar-refractivity contribution is -0.347. The van der Waals surface area contributed by atoms with Gasteiger partial charge in [0.1, 0.15) is 33.0 Å². The standard InChI is InChI=1S/C35H40F12O12S.C21H21S/c36-28(37)13-55-32(56-14-29(28,38)39)19-1-17-2-20(32)8-26(5-17,7-19)24(48)53-11-23(12-54-34(44,45)35(46,47)60(50,51)52)59-25(49)27-6-18-3-21(9-27)33(22(4-18)10-27)57-15-30(40,41)31(42,43)16-58-33;1-16-4-10-19(11-5-16)22(20-12-6-17(2)7-13-20)21-14-8-18(3)9-15-21/h17-23H,1-16H2,(H,50,51,52);4-15H,1-3H3/q;+1/p-1. The van der Waals surface area contributed by atoms with Crippen molar-refractivity contribution in [2.24, 2.45) is 46.3 Å². The molecule has 82 heavy (non-hydrogen) atoms. The molecule has 8 saturated carbocycles. The Labute approximate surface area is 467 Å². The quantitative estimate of drug-likeness (QED) is 0.0692. The molecule has 5 unspecified atom stereocenters. The van der Waals surface area contributed by atoms with E-state index in [0.29, 0.717) is 0 Å². The first-order valence-electron chi connectivity index (χ1n) is 26.8. The van der Waals surface area contributed by atoms with Gasteiger partial charge in [0.2, 0.25) is 0 Å². The summed E-state index contributed by atoms with van der Waals surface area (Å²) < 4.78 is 241. The summed E-state index contributed by atoms with van der Waals surface area (Å²) in [5.41, 5.74) is 0.898. The molecule has 0 N–H and O–H groups in total. The SMILES string of the molecule is Cc1ccc([S+](c2ccc(C)cc2)c2ccc(C)cc2)cc1.O=C(OCC(COC(F)(F)C(F)(F)S(=O)(=O)[O-])OC(=O)C12CC3CC(C1)C1(OCC(F)(F)C(F)(F)CO1)C(C3)C2)C12CC3CC(C1)C1(OCC(F)(F)C(F)(F)CO1)C(C3)C2. The van der Waals surface area contributed by atoms with Gasteiger partial charge in [-0.2, -0.15) is 52.7 Å². The Hall–Kier alpha value is -4.18. The molecule has 10 aliphatic rings. The van der Waals surface area contributed by atoms with Crippen molar-refractivity contribution in [1.82, 2.24) is 0 Å². The third kappa shape index (κ3) is 10.7. The Kier molecular flexibility index (Phi) is 15.6. The number of esters is 2. The lowest BCUT2D eigenvalue weighted by Crippen LogP contribution is -2.65. The zero-order chi connectivity index (χ0) is 59.5. The van der Waals surface area contributed by atoms with E-state index in [4.69, 9.17) is 28.4 Å². The second-order valence-electron chi connectivity index (χ2n) is 23.8. The fourth-order valence-corrected chi connectivity index (χ4v) is 16.6. The van der Waals surface area contributed by atoms with Crippen LogP contribution in [0.3, 0.4) is 0 Å². The van der Waals surface area contributed by atoms with Crippen LogP contribution in [0.4, 0.5) is 52.7 Å². The third-order valence-electron chi connectivity index (χ3n) is 18.1. The molecular weight excluding hydrogens is 1160 g/mol. The van der Waals surface area contributed by atoms with Gasteiger partial charge in [0.25, 0.3) is 0 Å². The lowest BCUT2D eigenvalue weighted by Gasteiger charge is -2.62. The normalized spacial score (nSPS) is 31.9. The van der Waals surface area contributed by atoms with Gasteiger partial charge in [-0.05, 0) is 133 Å². The van der Waals surface area contributed by atoms with E-state index < -0.39 is 149 Å². The monoisotopic (exact) mass is 1220 g/mol. The molecule has 8 aliphatic carbocycles. The second kappa shape index (κ2) is 21.1. The van der Waals surface area contributed by atoms with E-state index in [-0.39, 0.29) is 86.9 Å². The molecule has 13 rings (SSSR count). The summed E-state index contributed by atoms with van der Waals surface area (Å²) in [5, 5.41) is -6.34. The second-order valence-corrected chi connectivity index (χ2v) is 27.3. The summed E-state index contributed by atoms with van der Waals surface area (Å²) in [6, 6.07) is 26.8. The number of aryl methyl sites for hydroxylation is 3. The molecule has 0 radical (unpaired) electrons. The van der Waals surface area contributed by atoms with Gasteiger partial charge in [0.15, 0.2) is 42.5 Å². The van der Waals surface area contributed by atoms with Crippen molar-refractivity contribution >= 4 is 33.0 Å². The number of carbonyl (C=O) groups is 2. The molecule has 0 aromatic heterocycles. The van der Waals surface area contributed by atoms with Crippen molar-refractivity contribution in [1.29, 1.82) is 0 Å². The van der Waals surface area contributed by atoms with Crippen LogP contribution >= 0.6 is 0 Å². The molecule has 10 fully saturated rings. The van der Waals surface area contributed by atoms with E-state index in [1.807, 2.05) is 0 Å². The van der Waals surface area contributed by atoms with Gasteiger partial charge in [0.05, 0.1) is 28.3 Å². The maximum absolute atomic E-state index is 14.5. The summed E-state index contributed by atoms with van der Waals surface area (Å²) in [5.74, 6) is -28.7. The first-order chi connectivity index (χ1) is 38.1. The summed E-state index contributed by atoms with van der Waals surface area (Å²) in [4.78, 5) is 32.0. The number of ether oxygens (including phenoxy) is 7. The van der Waals surface area contributed by atoms with Crippen LogP contribution in [-0.4, -0.2) is 117 Å². The minimum absolute atomic E-state index is 0.0394. The highest BCUT2D eigenvalue weighted by atomic mass is 32.2. The van der Waals surface area contributed by atoms with Crippen LogP contribution in [0.5, 0.6) is 0 Å². The van der Waals surface area contributed by atoms with Gasteiger partial charge in [-0.25, -0.2) is 8.42 Å². The van der Waals surface area contributed by atoms with Crippen LogP contribution in [-0.2, 0) is 63.8 Å². The highest BCUT2D eigenvalue weighted by molar-refractivity contribution is 7.97. The Balaban J connectivity index is 0.000000285. The topological polar surface area (TPSA) is 156 Å². The molecule has 5 atom stereocenters. The molecule has 8 bridgehead atoms. The van der Waals surface area contributed by atoms with E-state index in [0.717, 1.165) is 0 Å². The number of alkyl halides is 12. The van der Waals surface area contributed by atoms with Gasteiger partial charge < -0.3 is 37.7 Å². The van der Waals surface area contributed by atoms with Crippen molar-refractivity contribution in [3.05, 3.63) is 89.5 Å². The summed E-state index contributed by atoms with van der Waals surface area (Å²) in [7, 11) is -7.08. The Morgan fingerprint density at radius 3 is 1.18 bits per heavy atom. The minimum atomic E-state index is -7.04. The smallest absolute Gasteiger partial charge is 0.433 e. The van der Waals surface area contributed by atoms with Crippen molar-refractivity contribution < 1.29 is 108 Å². The molecule has 452 valence electrons. The highest BCUT2D eigenvalue weighted by Gasteiger charge is 2.73. The molecule has 3 aromatic carbocycles. The zero-order valence-corrected chi connectivity index (χ0v) is 46.2. The van der Waals surface area contributed by atoms with E-state index in [9.17, 15) is 75.2 Å². The van der Waals surface area contributed by atoms with E-state index in [2.05, 4.69) is 98.3 Å². The number of rotatable bonds is 13. The Morgan fingerprint density at radius 2 is 0.866 bits per heavy atom. The van der Waals surface area contributed by atoms with Gasteiger partial charge in [-0.1, -0.05) is 53.1 Å². The van der Waals surface area contributed by atoms with Crippen LogP contribution in [0.25, 0.3) is 0 Å². The van der Waals surface area contributed by atoms with Crippen molar-refractivity contribution in [3.8, 4) is 0 Å². The van der Waals surface area contributed by atoms with Crippen molar-refractivity contribution in [2.45, 2.75) is 152 Å². The molecule has 2 saturated heterocycles. The predicted octanol–water partition coefficient (Wildman–Crippen LogP) is 11.6. The molecule has 2 aliphatic heterocycles. The highest BCUT2D eigenvalue weighted by Crippen LogP contribution is 2.68. The van der Waals surface area contributed by atoms with Gasteiger partial charge >= 0.3 is 47.0 Å². The average molecular weight is 1220 g/mol. The van der Waals surface area contributed by atoms with Crippen LogP contribution < -0.4 is 0 Å². The minimum Gasteiger partial charge on any atom is -0.743 e. The average Bonchev–Trinajstić information content (AvgIpc) is 3.60. The third-order valence-corrected chi connectivity index (χ3v) is 21.2. The van der Waals surface area contributed by atoms with E-state index >= 15 is 0 Å². The Morgan fingerprint density at radius 1 is 0.549 bits per heavy atom. The largest absolute Gasteiger partial charge is 0.743 e. The molecule has 2 heterocycles. The molecular formula is C56H60F12O12S2. The molecule has 26 heteroatoms. The van der Waals surface area contributed by atoms with Crippen molar-refractivity contribution in [3.63, 3.8) is 0 Å². The number of hydrogen-bond acceptors (Lipinski definition) is 12. The number of carbonyl (C=O) groups excluding carboxylic acids is 2. The number of halogens is 12. The maximum Gasteiger partial charge on any atom is 0.433 e. The molecule has 2 spiro atoms. The fourth-order valence-electron chi connectivity index (χ4n) is 14.2. The van der Waals surface area contributed by atoms with E-state index in [1.165, 1.54) is 31.4 Å². The van der Waals surface area contributed by atoms with Crippen LogP contribution in [0.2, 0.25) is 0 Å². The van der Waals surface area contributed by atoms with Crippen LogP contribution in [0.15, 0.2) is 87.5 Å². The summed E-state index contributed by atoms with van der Waals surface area (Å²) in [6.07, 6.45) is -8.15. The fraction of sp³-hybridized carbons (Fsp3) is 0.643. The Bertz CT molecular complexity index is 2810. The summed E-state index contributed by atoms with van der Waals surface area (Å²) >= 11 is 0. The van der Waals surface area contributed by atoms with Gasteiger partial charge in [-0.3, -0.25) is 9.59 Å². The first-order valence-corrected chi connectivity index (χ1v) is 29.5. The number of hydrogen-bond donors (Lipinski definition) is 0. The van der Waals surface area contributed by atoms with Crippen molar-refractivity contribution in [2.75, 3.05) is 39.6 Å². The predicted molar refractivity (Wildman–Crippen MR) is 263 cm³/mol. The van der Waals surface area contributed by atoms with Crippen LogP contribution in [0.1, 0.15) is 80.9 Å². The van der Waals surface area contributed by atoms with Gasteiger partial charge in [0, 0.05) is 23.7 Å². The van der Waals surface area contributed by atoms with Crippen LogP contribution in [0, 0.1) is 67.1 Å². The number of benzene rings is 3. The zero-order valence-electron chi connectivity index (χ0n) is 44.5. The first kappa shape index (κ1) is 60.9. The summed E-state index contributed by atoms with van der Waals surface area (Å²) in [6.45, 7) is -3.31. The van der Waals surface area contributed by atoms with E-state index in [1.54, 1.807) is 0 Å². The molecule has 12 nitrogen and oxygen atoms in total. The maximum atomic E-state index is 14.5.